The Labute approximate surface area is 119 Å². The van der Waals surface area contributed by atoms with Gasteiger partial charge in [0.2, 0.25) is 16.3 Å². The summed E-state index contributed by atoms with van der Waals surface area (Å²) >= 11 is 23.0. The topological polar surface area (TPSA) is 37.4 Å². The molecule has 0 N–H and O–H groups in total. The smallest absolute Gasteiger partial charge is 0.239 e. The lowest BCUT2D eigenvalue weighted by Gasteiger charge is -2.30. The van der Waals surface area contributed by atoms with Gasteiger partial charge in [-0.2, -0.15) is 0 Å². The summed E-state index contributed by atoms with van der Waals surface area (Å²) < 4.78 is -1.91. The highest BCUT2D eigenvalue weighted by atomic mass is 35.5. The Balaban J connectivity index is 2.35. The van der Waals surface area contributed by atoms with Crippen molar-refractivity contribution in [1.29, 1.82) is 0 Å². The van der Waals surface area contributed by atoms with Gasteiger partial charge in [-0.3, -0.25) is 9.59 Å². The van der Waals surface area contributed by atoms with Gasteiger partial charge in [0.15, 0.2) is 4.84 Å². The molecule has 1 heterocycles. The maximum atomic E-state index is 12.1. The summed E-state index contributed by atoms with van der Waals surface area (Å²) in [6, 6.07) is 0. The molecule has 1 aliphatic carbocycles. The third-order valence-corrected chi connectivity index (χ3v) is 4.88. The van der Waals surface area contributed by atoms with Crippen molar-refractivity contribution in [3.63, 3.8) is 0 Å². The van der Waals surface area contributed by atoms with E-state index in [-0.39, 0.29) is 0 Å². The lowest BCUT2D eigenvalue weighted by atomic mass is 9.86. The molecular weight excluding hydrogens is 308 g/mol. The molecule has 0 spiro atoms. The Bertz CT molecular complexity index is 394. The molecule has 2 rings (SSSR count). The van der Waals surface area contributed by atoms with E-state index in [0.29, 0.717) is 6.42 Å². The zero-order chi connectivity index (χ0) is 12.8. The Morgan fingerprint density at radius 3 is 2.47 bits per heavy atom. The van der Waals surface area contributed by atoms with Gasteiger partial charge in [-0.25, -0.2) is 4.90 Å². The Kier molecular flexibility index (Phi) is 3.66. The van der Waals surface area contributed by atoms with E-state index in [1.54, 1.807) is 6.08 Å². The van der Waals surface area contributed by atoms with E-state index in [2.05, 4.69) is 0 Å². The molecular formula is C10H9Cl4NO2. The van der Waals surface area contributed by atoms with E-state index in [1.165, 1.54) is 0 Å². The number of alkyl halides is 4. The van der Waals surface area contributed by atoms with Crippen LogP contribution in [0.2, 0.25) is 0 Å². The first-order chi connectivity index (χ1) is 7.87. The lowest BCUT2D eigenvalue weighted by molar-refractivity contribution is -0.141. The Hall–Kier alpha value is 0.0400. The van der Waals surface area contributed by atoms with Crippen LogP contribution in [0, 0.1) is 11.8 Å². The van der Waals surface area contributed by atoms with Crippen molar-refractivity contribution in [3.8, 4) is 0 Å². The van der Waals surface area contributed by atoms with E-state index in [1.807, 2.05) is 6.08 Å². The highest BCUT2D eigenvalue weighted by Gasteiger charge is 2.56. The van der Waals surface area contributed by atoms with Crippen LogP contribution in [-0.4, -0.2) is 26.0 Å². The maximum Gasteiger partial charge on any atom is 0.239 e. The van der Waals surface area contributed by atoms with Crippen LogP contribution >= 0.6 is 46.4 Å². The molecule has 17 heavy (non-hydrogen) atoms. The first-order valence-electron chi connectivity index (χ1n) is 5.08. The number of rotatable bonds is 2. The molecule has 1 aliphatic heterocycles. The third-order valence-electron chi connectivity index (χ3n) is 3.03. The van der Waals surface area contributed by atoms with Crippen LogP contribution in [0.3, 0.4) is 0 Å². The van der Waals surface area contributed by atoms with E-state index in [0.717, 1.165) is 11.3 Å². The van der Waals surface area contributed by atoms with Crippen molar-refractivity contribution in [2.45, 2.75) is 22.1 Å². The largest absolute Gasteiger partial charge is 0.274 e. The van der Waals surface area contributed by atoms with E-state index in [4.69, 9.17) is 46.4 Å². The van der Waals surface area contributed by atoms with Crippen molar-refractivity contribution in [2.24, 2.45) is 11.8 Å². The van der Waals surface area contributed by atoms with Crippen molar-refractivity contribution in [3.05, 3.63) is 12.2 Å². The standard InChI is InChI=1S/C10H9Cl4NO2/c11-9(12)10(13,14)15-7(16)5-3-1-2-4-6(5)8(15)17/h1,3,5-6,9H,2,4H2. The second-order valence-electron chi connectivity index (χ2n) is 4.04. The molecule has 2 unspecified atom stereocenters. The normalized spacial score (nSPS) is 29.1. The number of nitrogens with zero attached hydrogens (tertiary/aromatic N) is 1. The van der Waals surface area contributed by atoms with Gasteiger partial charge in [-0.1, -0.05) is 58.6 Å². The van der Waals surface area contributed by atoms with Crippen LogP contribution < -0.4 is 0 Å². The minimum absolute atomic E-state index is 0.392. The molecule has 2 amide bonds. The number of imide groups is 1. The van der Waals surface area contributed by atoms with Crippen LogP contribution in [-0.2, 0) is 9.59 Å². The Morgan fingerprint density at radius 1 is 1.29 bits per heavy atom. The van der Waals surface area contributed by atoms with Crippen molar-refractivity contribution in [2.75, 3.05) is 0 Å². The van der Waals surface area contributed by atoms with Gasteiger partial charge in [0, 0.05) is 0 Å². The summed E-state index contributed by atoms with van der Waals surface area (Å²) in [5.41, 5.74) is 0. The molecule has 94 valence electrons. The number of amides is 2. The summed E-state index contributed by atoms with van der Waals surface area (Å²) in [4.78, 5) is 23.7. The number of carbonyl (C=O) groups excluding carboxylic acids is 2. The molecule has 1 fully saturated rings. The molecule has 3 nitrogen and oxygen atoms in total. The predicted octanol–water partition coefficient (Wildman–Crippen LogP) is 2.87. The highest BCUT2D eigenvalue weighted by Crippen LogP contribution is 2.44. The summed E-state index contributed by atoms with van der Waals surface area (Å²) in [7, 11) is 0. The minimum atomic E-state index is -1.91. The van der Waals surface area contributed by atoms with E-state index < -0.39 is 32.9 Å². The van der Waals surface area contributed by atoms with Crippen LogP contribution in [0.15, 0.2) is 12.2 Å². The fourth-order valence-electron chi connectivity index (χ4n) is 2.18. The molecule has 0 radical (unpaired) electrons. The number of allylic oxidation sites excluding steroid dienone is 1. The molecule has 0 aromatic rings. The van der Waals surface area contributed by atoms with E-state index >= 15 is 0 Å². The number of halogens is 4. The molecule has 2 aliphatic rings. The van der Waals surface area contributed by atoms with E-state index in [9.17, 15) is 9.59 Å². The van der Waals surface area contributed by atoms with Crippen LogP contribution in [0.1, 0.15) is 12.8 Å². The molecule has 2 atom stereocenters. The number of fused-ring (bicyclic) bond motifs is 1. The molecule has 1 saturated heterocycles. The van der Waals surface area contributed by atoms with Gasteiger partial charge < -0.3 is 0 Å². The zero-order valence-corrected chi connectivity index (χ0v) is 11.6. The zero-order valence-electron chi connectivity index (χ0n) is 8.58. The molecule has 0 saturated carbocycles. The van der Waals surface area contributed by atoms with Gasteiger partial charge in [0.05, 0.1) is 11.8 Å². The Morgan fingerprint density at radius 2 is 1.94 bits per heavy atom. The quantitative estimate of drug-likeness (QED) is 0.340. The van der Waals surface area contributed by atoms with Crippen LogP contribution in [0.5, 0.6) is 0 Å². The molecule has 0 bridgehead atoms. The second-order valence-corrected chi connectivity index (χ2v) is 6.48. The minimum Gasteiger partial charge on any atom is -0.274 e. The number of likely N-dealkylation sites (tertiary alicyclic amines) is 1. The van der Waals surface area contributed by atoms with Crippen molar-refractivity contribution < 1.29 is 9.59 Å². The molecule has 0 aromatic heterocycles. The second kappa shape index (κ2) is 4.61. The van der Waals surface area contributed by atoms with Gasteiger partial charge in [-0.15, -0.1) is 0 Å². The summed E-state index contributed by atoms with van der Waals surface area (Å²) in [5.74, 6) is -1.72. The van der Waals surface area contributed by atoms with Gasteiger partial charge >= 0.3 is 0 Å². The number of hydrogen-bond acceptors (Lipinski definition) is 2. The van der Waals surface area contributed by atoms with Crippen LogP contribution in [0.25, 0.3) is 0 Å². The average molecular weight is 317 g/mol. The third kappa shape index (κ3) is 2.07. The van der Waals surface area contributed by atoms with Gasteiger partial charge in [0.1, 0.15) is 0 Å². The van der Waals surface area contributed by atoms with Crippen molar-refractivity contribution >= 4 is 58.2 Å². The monoisotopic (exact) mass is 315 g/mol. The summed E-state index contributed by atoms with van der Waals surface area (Å²) in [6.07, 6.45) is 4.96. The maximum absolute atomic E-state index is 12.1. The lowest BCUT2D eigenvalue weighted by Crippen LogP contribution is -2.48. The average Bonchev–Trinajstić information content (AvgIpc) is 2.52. The fraction of sp³-hybridized carbons (Fsp3) is 0.600. The molecule has 0 aromatic carbocycles. The first kappa shape index (κ1) is 13.5. The molecule has 7 heteroatoms. The number of carbonyl (C=O) groups is 2. The van der Waals surface area contributed by atoms with Crippen molar-refractivity contribution in [1.82, 2.24) is 4.90 Å². The summed E-state index contributed by atoms with van der Waals surface area (Å²) in [6.45, 7) is 0. The SMILES string of the molecule is O=C1C2C=CCCC2C(=O)N1C(Cl)(Cl)C(Cl)Cl. The highest BCUT2D eigenvalue weighted by molar-refractivity contribution is 6.60. The fourth-order valence-corrected chi connectivity index (χ4v) is 2.71. The first-order valence-corrected chi connectivity index (χ1v) is 6.70. The van der Waals surface area contributed by atoms with Crippen LogP contribution in [0.4, 0.5) is 0 Å². The van der Waals surface area contributed by atoms with Gasteiger partial charge in [-0.05, 0) is 12.8 Å². The summed E-state index contributed by atoms with van der Waals surface area (Å²) in [5, 5.41) is 0. The van der Waals surface area contributed by atoms with Gasteiger partial charge in [0.25, 0.3) is 0 Å². The number of hydrogen-bond donors (Lipinski definition) is 0. The predicted molar refractivity (Wildman–Crippen MR) is 67.1 cm³/mol.